The van der Waals surface area contributed by atoms with Crippen LogP contribution in [0.25, 0.3) is 45.8 Å². The molecule has 0 unspecified atom stereocenters. The summed E-state index contributed by atoms with van der Waals surface area (Å²) < 4.78 is 0. The lowest BCUT2D eigenvalue weighted by Gasteiger charge is -2.25. The second-order valence-corrected chi connectivity index (χ2v) is 17.9. The Labute approximate surface area is 352 Å². The van der Waals surface area contributed by atoms with Gasteiger partial charge in [-0.15, -0.1) is 45.3 Å². The molecule has 0 bridgehead atoms. The maximum Gasteiger partial charge on any atom is 0.323 e. The van der Waals surface area contributed by atoms with E-state index in [0.717, 1.165) is 42.8 Å². The van der Waals surface area contributed by atoms with Crippen LogP contribution in [0.4, 0.5) is 17.1 Å². The first kappa shape index (κ1) is 40.1. The first-order valence-electron chi connectivity index (χ1n) is 18.2. The Morgan fingerprint density at radius 2 is 1.00 bits per heavy atom. The van der Waals surface area contributed by atoms with Gasteiger partial charge in [0.15, 0.2) is 0 Å². The highest BCUT2D eigenvalue weighted by Crippen LogP contribution is 2.49. The molecule has 0 saturated heterocycles. The minimum Gasteiger partial charge on any atom is -0.480 e. The minimum absolute atomic E-state index is 0.328. The maximum atomic E-state index is 13.0. The predicted octanol–water partition coefficient (Wildman–Crippen LogP) is 12.2. The summed E-state index contributed by atoms with van der Waals surface area (Å²) >= 11 is 6.71. The molecule has 0 aliphatic heterocycles. The van der Waals surface area contributed by atoms with Crippen molar-refractivity contribution in [3.8, 4) is 45.8 Å². The van der Waals surface area contributed by atoms with Crippen LogP contribution in [-0.4, -0.2) is 46.0 Å². The SMILES string of the molecule is Cc1cc(-c2sc(-c3sc(-c4sc(-c5ccc(N(c6ccccc6)c6ccccc6)cc5)cc4C)cc3C)cc2C)sc1/C=C(\C#N)C(=O)N(CC(=O)O)CC(=O)O. The number of anilines is 3. The fourth-order valence-corrected chi connectivity index (χ4v) is 11.8. The molecule has 0 radical (unpaired) electrons. The number of carbonyl (C=O) groups excluding carboxylic acids is 1. The Kier molecular flexibility index (Phi) is 11.9. The molecule has 0 fully saturated rings. The maximum absolute atomic E-state index is 13.0. The summed E-state index contributed by atoms with van der Waals surface area (Å²) in [7, 11) is 0. The monoisotopic (exact) mass is 839 g/mol. The second-order valence-electron chi connectivity index (χ2n) is 13.7. The van der Waals surface area contributed by atoms with Crippen LogP contribution in [0.1, 0.15) is 27.1 Å². The van der Waals surface area contributed by atoms with Crippen LogP contribution < -0.4 is 4.90 Å². The number of carboxylic acids is 2. The molecule has 1 amide bonds. The lowest BCUT2D eigenvalue weighted by atomic mass is 10.1. The number of aryl methyl sites for hydroxylation is 4. The van der Waals surface area contributed by atoms with Gasteiger partial charge in [-0.1, -0.05) is 48.5 Å². The van der Waals surface area contributed by atoms with Gasteiger partial charge in [-0.05, 0) is 122 Å². The van der Waals surface area contributed by atoms with E-state index in [1.807, 2.05) is 31.2 Å². The van der Waals surface area contributed by atoms with Gasteiger partial charge in [-0.25, -0.2) is 0 Å². The van der Waals surface area contributed by atoms with E-state index in [-0.39, 0.29) is 5.57 Å². The molecular weight excluding hydrogens is 803 g/mol. The van der Waals surface area contributed by atoms with Gasteiger partial charge in [-0.2, -0.15) is 5.26 Å². The summed E-state index contributed by atoms with van der Waals surface area (Å²) in [5, 5.41) is 28.2. The van der Waals surface area contributed by atoms with Gasteiger partial charge in [0, 0.05) is 56.1 Å². The first-order valence-corrected chi connectivity index (χ1v) is 21.4. The van der Waals surface area contributed by atoms with Crippen molar-refractivity contribution in [3.05, 3.63) is 142 Å². The van der Waals surface area contributed by atoms with Crippen molar-refractivity contribution >= 4 is 86.3 Å². The van der Waals surface area contributed by atoms with Gasteiger partial charge < -0.3 is 20.0 Å². The molecule has 2 N–H and O–H groups in total. The van der Waals surface area contributed by atoms with Crippen molar-refractivity contribution in [2.24, 2.45) is 0 Å². The molecule has 4 heterocycles. The van der Waals surface area contributed by atoms with Gasteiger partial charge in [0.05, 0.1) is 0 Å². The number of aliphatic carboxylic acids is 2. The van der Waals surface area contributed by atoms with Crippen LogP contribution >= 0.6 is 45.3 Å². The molecule has 7 rings (SSSR count). The predicted molar refractivity (Wildman–Crippen MR) is 239 cm³/mol. The van der Waals surface area contributed by atoms with Crippen molar-refractivity contribution < 1.29 is 24.6 Å². The third-order valence-electron chi connectivity index (χ3n) is 9.39. The fourth-order valence-electron chi connectivity index (χ4n) is 6.64. The van der Waals surface area contributed by atoms with Crippen LogP contribution in [-0.2, 0) is 14.4 Å². The number of para-hydroxylation sites is 2. The van der Waals surface area contributed by atoms with Crippen molar-refractivity contribution in [3.63, 3.8) is 0 Å². The standard InChI is InChI=1S/C46H37N3O5S4/c1-27-19-38(55-36(27)23-32(24-47)46(54)48(25-41(50)51)26-42(52)53)43-29(3)21-40(57-43)45-30(4)22-39(58-45)44-28(2)20-37(56-44)31-15-17-35(18-16-31)49(33-11-7-5-8-12-33)34-13-9-6-10-14-34/h5-23H,25-26H2,1-4H3,(H,50,51)(H,52,53)/b32-23+. The Balaban J connectivity index is 1.13. The number of hydrogen-bond donors (Lipinski definition) is 2. The zero-order valence-corrected chi connectivity index (χ0v) is 35.2. The molecular formula is C46H37N3O5S4. The number of hydrogen-bond acceptors (Lipinski definition) is 9. The smallest absolute Gasteiger partial charge is 0.323 e. The van der Waals surface area contributed by atoms with E-state index in [0.29, 0.717) is 9.78 Å². The third kappa shape index (κ3) is 8.58. The molecule has 0 saturated carbocycles. The summed E-state index contributed by atoms with van der Waals surface area (Å²) in [6, 6.07) is 40.1. The Morgan fingerprint density at radius 3 is 1.47 bits per heavy atom. The number of rotatable bonds is 13. The highest BCUT2D eigenvalue weighted by atomic mass is 32.1. The van der Waals surface area contributed by atoms with E-state index in [1.54, 1.807) is 34.0 Å². The molecule has 0 aliphatic rings. The number of carbonyl (C=O) groups is 3. The zero-order valence-electron chi connectivity index (χ0n) is 32.0. The average Bonchev–Trinajstić information content (AvgIpc) is 3.99. The zero-order chi connectivity index (χ0) is 41.1. The number of carboxylic acid groups (broad SMARTS) is 2. The average molecular weight is 840 g/mol. The summed E-state index contributed by atoms with van der Waals surface area (Å²) in [6.45, 7) is 6.62. The van der Waals surface area contributed by atoms with Gasteiger partial charge in [0.1, 0.15) is 24.7 Å². The molecule has 12 heteroatoms. The fraction of sp³-hybridized carbons (Fsp3) is 0.130. The van der Waals surface area contributed by atoms with Crippen molar-refractivity contribution in [2.75, 3.05) is 18.0 Å². The van der Waals surface area contributed by atoms with E-state index >= 15 is 0 Å². The minimum atomic E-state index is -1.37. The van der Waals surface area contributed by atoms with E-state index in [9.17, 15) is 29.9 Å². The van der Waals surface area contributed by atoms with Gasteiger partial charge in [0.2, 0.25) is 0 Å². The summed E-state index contributed by atoms with van der Waals surface area (Å²) in [5.41, 5.74) is 8.50. The lowest BCUT2D eigenvalue weighted by molar-refractivity contribution is -0.147. The van der Waals surface area contributed by atoms with Crippen molar-refractivity contribution in [2.45, 2.75) is 27.7 Å². The number of benzene rings is 3. The Morgan fingerprint density at radius 1 is 0.586 bits per heavy atom. The Hall–Kier alpha value is -6.10. The van der Waals surface area contributed by atoms with Crippen molar-refractivity contribution in [1.29, 1.82) is 5.26 Å². The van der Waals surface area contributed by atoms with E-state index < -0.39 is 30.9 Å². The van der Waals surface area contributed by atoms with E-state index in [2.05, 4.69) is 117 Å². The molecule has 290 valence electrons. The summed E-state index contributed by atoms with van der Waals surface area (Å²) in [4.78, 5) is 47.3. The molecule has 0 aliphatic carbocycles. The number of amides is 1. The summed E-state index contributed by atoms with van der Waals surface area (Å²) in [5.74, 6) is -3.68. The van der Waals surface area contributed by atoms with Crippen LogP contribution in [0, 0.1) is 39.0 Å². The van der Waals surface area contributed by atoms with Crippen LogP contribution in [0.5, 0.6) is 0 Å². The molecule has 8 nitrogen and oxygen atoms in total. The second kappa shape index (κ2) is 17.2. The highest BCUT2D eigenvalue weighted by molar-refractivity contribution is 7.29. The number of nitriles is 1. The largest absolute Gasteiger partial charge is 0.480 e. The third-order valence-corrected chi connectivity index (χ3v) is 14.9. The van der Waals surface area contributed by atoms with Crippen LogP contribution in [0.3, 0.4) is 0 Å². The summed E-state index contributed by atoms with van der Waals surface area (Å²) in [6.07, 6.45) is 1.41. The quantitative estimate of drug-likeness (QED) is 0.0876. The number of nitrogens with zero attached hydrogens (tertiary/aromatic N) is 3. The lowest BCUT2D eigenvalue weighted by Crippen LogP contribution is -2.39. The van der Waals surface area contributed by atoms with E-state index in [1.165, 1.54) is 53.6 Å². The van der Waals surface area contributed by atoms with Gasteiger partial charge in [-0.3, -0.25) is 14.4 Å². The van der Waals surface area contributed by atoms with Gasteiger partial charge >= 0.3 is 11.9 Å². The van der Waals surface area contributed by atoms with Crippen molar-refractivity contribution in [1.82, 2.24) is 4.90 Å². The molecule has 0 atom stereocenters. The topological polar surface area (TPSA) is 122 Å². The number of thiophene rings is 4. The molecule has 4 aromatic heterocycles. The molecule has 58 heavy (non-hydrogen) atoms. The molecule has 7 aromatic rings. The van der Waals surface area contributed by atoms with Crippen LogP contribution in [0.15, 0.2) is 115 Å². The highest BCUT2D eigenvalue weighted by Gasteiger charge is 2.24. The Bertz CT molecular complexity index is 2660. The first-order chi connectivity index (χ1) is 27.9. The molecule has 3 aromatic carbocycles. The van der Waals surface area contributed by atoms with Gasteiger partial charge in [0.25, 0.3) is 5.91 Å². The normalized spacial score (nSPS) is 11.3. The molecule has 0 spiro atoms. The van der Waals surface area contributed by atoms with E-state index in [4.69, 9.17) is 0 Å². The van der Waals surface area contributed by atoms with Crippen LogP contribution in [0.2, 0.25) is 0 Å².